The van der Waals surface area contributed by atoms with E-state index in [4.69, 9.17) is 5.73 Å². The minimum Gasteiger partial charge on any atom is -0.338 e. The molecular formula is C20H24N2O. The first kappa shape index (κ1) is 15.8. The van der Waals surface area contributed by atoms with E-state index in [2.05, 4.69) is 31.2 Å². The molecule has 23 heavy (non-hydrogen) atoms. The average Bonchev–Trinajstić information content (AvgIpc) is 3.02. The van der Waals surface area contributed by atoms with E-state index in [1.54, 1.807) is 0 Å². The quantitative estimate of drug-likeness (QED) is 0.947. The van der Waals surface area contributed by atoms with E-state index >= 15 is 0 Å². The Kier molecular flexibility index (Phi) is 4.49. The first-order chi connectivity index (χ1) is 11.1. The summed E-state index contributed by atoms with van der Waals surface area (Å²) in [6, 6.07) is 16.3. The average molecular weight is 308 g/mol. The minimum absolute atomic E-state index is 0.116. The molecule has 3 rings (SSSR count). The predicted molar refractivity (Wildman–Crippen MR) is 93.5 cm³/mol. The maximum atomic E-state index is 12.8. The van der Waals surface area contributed by atoms with Gasteiger partial charge in [-0.3, -0.25) is 4.79 Å². The second kappa shape index (κ2) is 6.55. The number of hydrogen-bond acceptors (Lipinski definition) is 2. The van der Waals surface area contributed by atoms with Gasteiger partial charge in [0.15, 0.2) is 0 Å². The fourth-order valence-electron chi connectivity index (χ4n) is 3.41. The highest BCUT2D eigenvalue weighted by Gasteiger charge is 2.35. The van der Waals surface area contributed by atoms with E-state index in [0.29, 0.717) is 18.4 Å². The summed E-state index contributed by atoms with van der Waals surface area (Å²) < 4.78 is 0. The van der Waals surface area contributed by atoms with Gasteiger partial charge in [-0.1, -0.05) is 36.4 Å². The summed E-state index contributed by atoms with van der Waals surface area (Å²) in [5.41, 5.74) is 10.4. The van der Waals surface area contributed by atoms with Crippen molar-refractivity contribution in [3.8, 4) is 0 Å². The second-order valence-corrected chi connectivity index (χ2v) is 6.52. The summed E-state index contributed by atoms with van der Waals surface area (Å²) in [6.07, 6.45) is 0. The number of rotatable bonds is 3. The lowest BCUT2D eigenvalue weighted by atomic mass is 9.89. The van der Waals surface area contributed by atoms with Crippen LogP contribution < -0.4 is 5.73 Å². The minimum atomic E-state index is 0.116. The third-order valence-electron chi connectivity index (χ3n) is 5.01. The Hall–Kier alpha value is -2.13. The summed E-state index contributed by atoms with van der Waals surface area (Å²) in [5, 5.41) is 0. The van der Waals surface area contributed by atoms with Crippen LogP contribution in [0, 0.1) is 19.8 Å². The Morgan fingerprint density at radius 1 is 1.09 bits per heavy atom. The Balaban J connectivity index is 1.81. The molecule has 1 aliphatic heterocycles. The van der Waals surface area contributed by atoms with E-state index in [1.165, 1.54) is 11.1 Å². The third-order valence-corrected chi connectivity index (χ3v) is 5.01. The molecular weight excluding hydrogens is 284 g/mol. The fraction of sp³-hybridized carbons (Fsp3) is 0.350. The molecule has 2 aromatic carbocycles. The maximum Gasteiger partial charge on any atom is 0.253 e. The molecule has 2 atom stereocenters. The van der Waals surface area contributed by atoms with Crippen molar-refractivity contribution < 1.29 is 4.79 Å². The van der Waals surface area contributed by atoms with Crippen LogP contribution in [0.2, 0.25) is 0 Å². The van der Waals surface area contributed by atoms with Gasteiger partial charge in [0, 0.05) is 24.6 Å². The van der Waals surface area contributed by atoms with Gasteiger partial charge in [-0.2, -0.15) is 0 Å². The third kappa shape index (κ3) is 3.15. The molecule has 3 heteroatoms. The zero-order valence-electron chi connectivity index (χ0n) is 13.8. The Bertz CT molecular complexity index is 696. The van der Waals surface area contributed by atoms with Gasteiger partial charge in [-0.05, 0) is 55.1 Å². The van der Waals surface area contributed by atoms with Crippen molar-refractivity contribution in [1.29, 1.82) is 0 Å². The van der Waals surface area contributed by atoms with Gasteiger partial charge in [0.05, 0.1) is 0 Å². The molecule has 3 nitrogen and oxygen atoms in total. The molecule has 0 aliphatic carbocycles. The molecule has 0 bridgehead atoms. The lowest BCUT2D eigenvalue weighted by Crippen LogP contribution is -2.29. The van der Waals surface area contributed by atoms with Crippen molar-refractivity contribution in [2.75, 3.05) is 19.6 Å². The molecule has 1 heterocycles. The van der Waals surface area contributed by atoms with Crippen molar-refractivity contribution in [2.45, 2.75) is 19.8 Å². The number of carbonyl (C=O) groups excluding carboxylic acids is 1. The van der Waals surface area contributed by atoms with Crippen LogP contribution in [0.25, 0.3) is 0 Å². The lowest BCUT2D eigenvalue weighted by molar-refractivity contribution is 0.0786. The molecule has 2 N–H and O–H groups in total. The van der Waals surface area contributed by atoms with Crippen LogP contribution in [0.15, 0.2) is 48.5 Å². The van der Waals surface area contributed by atoms with Crippen LogP contribution in [-0.4, -0.2) is 30.4 Å². The standard InChI is InChI=1S/C20H24N2O/c1-14-8-9-17(10-15(14)2)20(23)22-12-18(11-21)19(13-22)16-6-4-3-5-7-16/h3-10,18-19H,11-13,21H2,1-2H3/t18-,19+/m1/s1. The topological polar surface area (TPSA) is 46.3 Å². The van der Waals surface area contributed by atoms with Crippen molar-refractivity contribution in [2.24, 2.45) is 11.7 Å². The van der Waals surface area contributed by atoms with Gasteiger partial charge in [-0.25, -0.2) is 0 Å². The summed E-state index contributed by atoms with van der Waals surface area (Å²) >= 11 is 0. The highest BCUT2D eigenvalue weighted by Crippen LogP contribution is 2.32. The zero-order valence-corrected chi connectivity index (χ0v) is 13.8. The lowest BCUT2D eigenvalue weighted by Gasteiger charge is -2.17. The van der Waals surface area contributed by atoms with Gasteiger partial charge in [0.1, 0.15) is 0 Å². The number of benzene rings is 2. The largest absolute Gasteiger partial charge is 0.338 e. The molecule has 0 aromatic heterocycles. The SMILES string of the molecule is Cc1ccc(C(=O)N2C[C@@H](CN)[C@H](c3ccccc3)C2)cc1C. The van der Waals surface area contributed by atoms with Gasteiger partial charge in [0.2, 0.25) is 0 Å². The highest BCUT2D eigenvalue weighted by molar-refractivity contribution is 5.94. The van der Waals surface area contributed by atoms with Gasteiger partial charge in [-0.15, -0.1) is 0 Å². The van der Waals surface area contributed by atoms with Crippen molar-refractivity contribution in [3.63, 3.8) is 0 Å². The maximum absolute atomic E-state index is 12.8. The van der Waals surface area contributed by atoms with E-state index in [-0.39, 0.29) is 5.91 Å². The smallest absolute Gasteiger partial charge is 0.253 e. The van der Waals surface area contributed by atoms with Crippen LogP contribution in [0.1, 0.15) is 33.0 Å². The molecule has 1 saturated heterocycles. The van der Waals surface area contributed by atoms with Crippen molar-refractivity contribution >= 4 is 5.91 Å². The van der Waals surface area contributed by atoms with Crippen molar-refractivity contribution in [3.05, 3.63) is 70.8 Å². The highest BCUT2D eigenvalue weighted by atomic mass is 16.2. The summed E-state index contributed by atoms with van der Waals surface area (Å²) in [5.74, 6) is 0.773. The van der Waals surface area contributed by atoms with Crippen LogP contribution in [0.5, 0.6) is 0 Å². The summed E-state index contributed by atoms with van der Waals surface area (Å²) in [4.78, 5) is 14.8. The number of amides is 1. The zero-order chi connectivity index (χ0) is 16.4. The predicted octanol–water partition coefficient (Wildman–Crippen LogP) is 3.12. The molecule has 1 aliphatic rings. The monoisotopic (exact) mass is 308 g/mol. The van der Waals surface area contributed by atoms with Gasteiger partial charge < -0.3 is 10.6 Å². The van der Waals surface area contributed by atoms with E-state index in [1.807, 2.05) is 36.1 Å². The second-order valence-electron chi connectivity index (χ2n) is 6.52. The molecule has 2 aromatic rings. The number of nitrogens with two attached hydrogens (primary N) is 1. The Morgan fingerprint density at radius 3 is 2.48 bits per heavy atom. The molecule has 0 radical (unpaired) electrons. The molecule has 0 spiro atoms. The molecule has 120 valence electrons. The molecule has 1 fully saturated rings. The van der Waals surface area contributed by atoms with Crippen LogP contribution >= 0.6 is 0 Å². The van der Waals surface area contributed by atoms with Gasteiger partial charge in [0.25, 0.3) is 5.91 Å². The normalized spacial score (nSPS) is 20.7. The van der Waals surface area contributed by atoms with Crippen LogP contribution in [0.3, 0.4) is 0 Å². The Morgan fingerprint density at radius 2 is 1.83 bits per heavy atom. The molecule has 1 amide bonds. The fourth-order valence-corrected chi connectivity index (χ4v) is 3.41. The number of nitrogens with zero attached hydrogens (tertiary/aromatic N) is 1. The van der Waals surface area contributed by atoms with E-state index in [9.17, 15) is 4.79 Å². The molecule has 0 unspecified atom stereocenters. The number of hydrogen-bond donors (Lipinski definition) is 1. The van der Waals surface area contributed by atoms with Crippen LogP contribution in [-0.2, 0) is 0 Å². The summed E-state index contributed by atoms with van der Waals surface area (Å²) in [6.45, 7) is 6.20. The number of carbonyl (C=O) groups is 1. The van der Waals surface area contributed by atoms with E-state index < -0.39 is 0 Å². The van der Waals surface area contributed by atoms with E-state index in [0.717, 1.165) is 24.2 Å². The number of aryl methyl sites for hydroxylation is 2. The molecule has 0 saturated carbocycles. The summed E-state index contributed by atoms with van der Waals surface area (Å²) in [7, 11) is 0. The van der Waals surface area contributed by atoms with Crippen LogP contribution in [0.4, 0.5) is 0 Å². The number of likely N-dealkylation sites (tertiary alicyclic amines) is 1. The first-order valence-corrected chi connectivity index (χ1v) is 8.21. The Labute approximate surface area is 138 Å². The van der Waals surface area contributed by atoms with Crippen molar-refractivity contribution in [1.82, 2.24) is 4.90 Å². The first-order valence-electron chi connectivity index (χ1n) is 8.21. The van der Waals surface area contributed by atoms with Gasteiger partial charge >= 0.3 is 0 Å².